The van der Waals surface area contributed by atoms with E-state index in [2.05, 4.69) is 19.1 Å². The van der Waals surface area contributed by atoms with Gasteiger partial charge in [0.2, 0.25) is 0 Å². The van der Waals surface area contributed by atoms with Gasteiger partial charge in [0.25, 0.3) is 0 Å². The van der Waals surface area contributed by atoms with Gasteiger partial charge in [-0.15, -0.1) is 0 Å². The molecule has 0 spiro atoms. The minimum atomic E-state index is -0.892. The van der Waals surface area contributed by atoms with Gasteiger partial charge in [-0.2, -0.15) is 0 Å². The molecule has 0 aliphatic rings. The third-order valence-electron chi connectivity index (χ3n) is 3.35. The number of carboxylic acid groups (broad SMARTS) is 1. The molecule has 0 bridgehead atoms. The Bertz CT molecular complexity index is 524. The standard InChI is InChI=1S/C22H32O4/c1-2-3-4-5-11-14-17-20(23)21(24)18-15-12-9-7-6-8-10-13-16-19-22(25)26/h3-4,6-7,9-15,18,20-21,23-24H,2,5,8,16-17,19H2,1H3,(H,25,26)/b4-3-,7-6-,12-9+,13-10-,14-11-,18-15+. The maximum absolute atomic E-state index is 10.3. The summed E-state index contributed by atoms with van der Waals surface area (Å²) in [6.45, 7) is 2.08. The zero-order chi connectivity index (χ0) is 19.5. The Morgan fingerprint density at radius 3 is 2.23 bits per heavy atom. The van der Waals surface area contributed by atoms with Crippen LogP contribution in [0.1, 0.15) is 45.4 Å². The van der Waals surface area contributed by atoms with Crippen molar-refractivity contribution in [2.75, 3.05) is 0 Å². The van der Waals surface area contributed by atoms with E-state index in [1.165, 1.54) is 0 Å². The normalized spacial score (nSPS) is 15.5. The zero-order valence-corrected chi connectivity index (χ0v) is 15.6. The molecule has 0 aliphatic heterocycles. The Balaban J connectivity index is 3.92. The van der Waals surface area contributed by atoms with Crippen molar-refractivity contribution in [2.24, 2.45) is 0 Å². The van der Waals surface area contributed by atoms with E-state index >= 15 is 0 Å². The molecule has 26 heavy (non-hydrogen) atoms. The van der Waals surface area contributed by atoms with Gasteiger partial charge in [0.05, 0.1) is 12.2 Å². The van der Waals surface area contributed by atoms with Crippen LogP contribution in [0.4, 0.5) is 0 Å². The van der Waals surface area contributed by atoms with Gasteiger partial charge in [-0.3, -0.25) is 4.79 Å². The highest BCUT2D eigenvalue weighted by Gasteiger charge is 2.10. The first kappa shape index (κ1) is 23.8. The van der Waals surface area contributed by atoms with Crippen molar-refractivity contribution in [3.05, 3.63) is 72.9 Å². The molecule has 0 radical (unpaired) electrons. The van der Waals surface area contributed by atoms with Gasteiger partial charge in [-0.1, -0.05) is 79.8 Å². The van der Waals surface area contributed by atoms with Crippen LogP contribution in [-0.2, 0) is 4.79 Å². The fourth-order valence-electron chi connectivity index (χ4n) is 1.90. The molecule has 144 valence electrons. The highest BCUT2D eigenvalue weighted by atomic mass is 16.4. The largest absolute Gasteiger partial charge is 0.481 e. The van der Waals surface area contributed by atoms with Crippen LogP contribution in [0, 0.1) is 0 Å². The summed E-state index contributed by atoms with van der Waals surface area (Å²) in [5, 5.41) is 28.2. The molecule has 4 heteroatoms. The SMILES string of the molecule is CC/C=C\C/C=C\CC(O)C(O)/C=C/C=C/C=C\C/C=C\CCC(=O)O. The number of hydrogen-bond acceptors (Lipinski definition) is 3. The van der Waals surface area contributed by atoms with Crippen molar-refractivity contribution in [2.45, 2.75) is 57.7 Å². The minimum Gasteiger partial charge on any atom is -0.481 e. The molecular formula is C22H32O4. The fourth-order valence-corrected chi connectivity index (χ4v) is 1.90. The van der Waals surface area contributed by atoms with E-state index in [4.69, 9.17) is 5.11 Å². The number of allylic oxidation sites excluding steroid dienone is 10. The number of hydrogen-bond donors (Lipinski definition) is 3. The highest BCUT2D eigenvalue weighted by Crippen LogP contribution is 2.03. The molecule has 0 aliphatic carbocycles. The lowest BCUT2D eigenvalue weighted by Gasteiger charge is -2.11. The van der Waals surface area contributed by atoms with Gasteiger partial charge in [0.1, 0.15) is 0 Å². The number of carboxylic acids is 1. The molecule has 0 aromatic rings. The third-order valence-corrected chi connectivity index (χ3v) is 3.35. The van der Waals surface area contributed by atoms with Crippen LogP contribution in [0.15, 0.2) is 72.9 Å². The summed E-state index contributed by atoms with van der Waals surface area (Å²) in [7, 11) is 0. The highest BCUT2D eigenvalue weighted by molar-refractivity contribution is 5.66. The second-order valence-electron chi connectivity index (χ2n) is 5.72. The molecule has 2 unspecified atom stereocenters. The maximum Gasteiger partial charge on any atom is 0.303 e. The molecule has 0 rings (SSSR count). The molecule has 2 atom stereocenters. The summed E-state index contributed by atoms with van der Waals surface area (Å²) in [4.78, 5) is 10.3. The fraction of sp³-hybridized carbons (Fsp3) is 0.409. The van der Waals surface area contributed by atoms with E-state index in [9.17, 15) is 15.0 Å². The van der Waals surface area contributed by atoms with Gasteiger partial charge in [0.15, 0.2) is 0 Å². The lowest BCUT2D eigenvalue weighted by molar-refractivity contribution is -0.136. The van der Waals surface area contributed by atoms with E-state index in [0.717, 1.165) is 19.3 Å². The van der Waals surface area contributed by atoms with E-state index in [1.54, 1.807) is 18.2 Å². The first-order valence-corrected chi connectivity index (χ1v) is 9.10. The minimum absolute atomic E-state index is 0.158. The number of aliphatic hydroxyl groups excluding tert-OH is 2. The Kier molecular flexibility index (Phi) is 16.2. The molecule has 0 aromatic carbocycles. The first-order chi connectivity index (χ1) is 12.6. The lowest BCUT2D eigenvalue weighted by Crippen LogP contribution is -2.22. The quantitative estimate of drug-likeness (QED) is 0.315. The van der Waals surface area contributed by atoms with E-state index < -0.39 is 18.2 Å². The lowest BCUT2D eigenvalue weighted by atomic mass is 10.1. The Labute approximate surface area is 157 Å². The van der Waals surface area contributed by atoms with Crippen molar-refractivity contribution >= 4 is 5.97 Å². The monoisotopic (exact) mass is 360 g/mol. The molecule has 4 nitrogen and oxygen atoms in total. The van der Waals surface area contributed by atoms with Crippen LogP contribution >= 0.6 is 0 Å². The predicted molar refractivity (Wildman–Crippen MR) is 108 cm³/mol. The molecule has 0 saturated carbocycles. The van der Waals surface area contributed by atoms with Crippen LogP contribution in [0.2, 0.25) is 0 Å². The smallest absolute Gasteiger partial charge is 0.303 e. The molecular weight excluding hydrogens is 328 g/mol. The summed E-state index contributed by atoms with van der Waals surface area (Å²) in [6.07, 6.45) is 24.5. The van der Waals surface area contributed by atoms with Crippen molar-refractivity contribution < 1.29 is 20.1 Å². The summed E-state index contributed by atoms with van der Waals surface area (Å²) in [6, 6.07) is 0. The van der Waals surface area contributed by atoms with E-state index in [1.807, 2.05) is 42.5 Å². The van der Waals surface area contributed by atoms with Crippen LogP contribution in [0.5, 0.6) is 0 Å². The molecule has 0 aromatic heterocycles. The van der Waals surface area contributed by atoms with Crippen LogP contribution in [0.25, 0.3) is 0 Å². The topological polar surface area (TPSA) is 77.8 Å². The first-order valence-electron chi connectivity index (χ1n) is 9.10. The van der Waals surface area contributed by atoms with Crippen LogP contribution < -0.4 is 0 Å². The van der Waals surface area contributed by atoms with Crippen molar-refractivity contribution in [3.8, 4) is 0 Å². The van der Waals surface area contributed by atoms with Crippen LogP contribution in [0.3, 0.4) is 0 Å². The Hall–Kier alpha value is -2.17. The van der Waals surface area contributed by atoms with Gasteiger partial charge >= 0.3 is 5.97 Å². The molecule has 0 saturated heterocycles. The summed E-state index contributed by atoms with van der Waals surface area (Å²) < 4.78 is 0. The second-order valence-corrected chi connectivity index (χ2v) is 5.72. The van der Waals surface area contributed by atoms with Gasteiger partial charge < -0.3 is 15.3 Å². The number of carbonyl (C=O) groups is 1. The zero-order valence-electron chi connectivity index (χ0n) is 15.6. The third kappa shape index (κ3) is 16.7. The average molecular weight is 360 g/mol. The maximum atomic E-state index is 10.3. The Morgan fingerprint density at radius 2 is 1.50 bits per heavy atom. The van der Waals surface area contributed by atoms with Gasteiger partial charge in [0, 0.05) is 6.42 Å². The molecule has 0 heterocycles. The number of rotatable bonds is 14. The second kappa shape index (κ2) is 17.6. The van der Waals surface area contributed by atoms with E-state index in [0.29, 0.717) is 12.8 Å². The van der Waals surface area contributed by atoms with E-state index in [-0.39, 0.29) is 6.42 Å². The number of aliphatic hydroxyl groups is 2. The van der Waals surface area contributed by atoms with Crippen molar-refractivity contribution in [1.29, 1.82) is 0 Å². The van der Waals surface area contributed by atoms with Gasteiger partial charge in [-0.05, 0) is 32.1 Å². The van der Waals surface area contributed by atoms with Gasteiger partial charge in [-0.25, -0.2) is 0 Å². The summed E-state index contributed by atoms with van der Waals surface area (Å²) in [5.41, 5.74) is 0. The average Bonchev–Trinajstić information content (AvgIpc) is 2.61. The molecule has 3 N–H and O–H groups in total. The predicted octanol–water partition coefficient (Wildman–Crippen LogP) is 4.49. The van der Waals surface area contributed by atoms with Crippen molar-refractivity contribution in [1.82, 2.24) is 0 Å². The van der Waals surface area contributed by atoms with Crippen molar-refractivity contribution in [3.63, 3.8) is 0 Å². The summed E-state index contributed by atoms with van der Waals surface area (Å²) in [5.74, 6) is -0.785. The van der Waals surface area contributed by atoms with Crippen LogP contribution in [-0.4, -0.2) is 33.5 Å². The molecule has 0 amide bonds. The number of aliphatic carboxylic acids is 1. The molecule has 0 fully saturated rings. The Morgan fingerprint density at radius 1 is 0.846 bits per heavy atom. The summed E-state index contributed by atoms with van der Waals surface area (Å²) >= 11 is 0.